The van der Waals surface area contributed by atoms with Gasteiger partial charge in [0.1, 0.15) is 5.75 Å². The Hall–Kier alpha value is -3.69. The number of ether oxygens (including phenoxy) is 1. The van der Waals surface area contributed by atoms with Crippen LogP contribution in [0.3, 0.4) is 0 Å². The van der Waals surface area contributed by atoms with Crippen molar-refractivity contribution in [1.82, 2.24) is 30.0 Å². The summed E-state index contributed by atoms with van der Waals surface area (Å²) in [7, 11) is 2.11. The average molecular weight is 477 g/mol. The third-order valence-electron chi connectivity index (χ3n) is 5.63. The van der Waals surface area contributed by atoms with E-state index in [0.29, 0.717) is 23.5 Å². The van der Waals surface area contributed by atoms with Crippen LogP contribution >= 0.6 is 11.6 Å². The largest absolute Gasteiger partial charge is 0.424 e. The highest BCUT2D eigenvalue weighted by atomic mass is 35.5. The van der Waals surface area contributed by atoms with E-state index in [9.17, 15) is 0 Å². The summed E-state index contributed by atoms with van der Waals surface area (Å²) < 4.78 is 5.93. The van der Waals surface area contributed by atoms with Crippen LogP contribution in [0.4, 0.5) is 17.7 Å². The fourth-order valence-corrected chi connectivity index (χ4v) is 3.77. The maximum Gasteiger partial charge on any atom is 0.328 e. The molecule has 0 atom stereocenters. The number of aromatic nitrogens is 5. The number of nitrogens with zero attached hydrogens (tertiary/aromatic N) is 6. The minimum Gasteiger partial charge on any atom is -0.424 e. The van der Waals surface area contributed by atoms with Crippen LogP contribution in [0.15, 0.2) is 54.6 Å². The summed E-state index contributed by atoms with van der Waals surface area (Å²) in [6, 6.07) is 17.4. The van der Waals surface area contributed by atoms with Gasteiger partial charge in [0.25, 0.3) is 0 Å². The van der Waals surface area contributed by atoms with E-state index in [1.54, 1.807) is 0 Å². The Kier molecular flexibility index (Phi) is 6.29. The molecule has 5 rings (SSSR count). The van der Waals surface area contributed by atoms with Gasteiger partial charge >= 0.3 is 6.01 Å². The Bertz CT molecular complexity index is 1270. The number of halogens is 1. The Morgan fingerprint density at radius 3 is 2.53 bits per heavy atom. The van der Waals surface area contributed by atoms with Gasteiger partial charge in [-0.1, -0.05) is 35.9 Å². The lowest BCUT2D eigenvalue weighted by molar-refractivity contribution is 0.310. The highest BCUT2D eigenvalue weighted by Gasteiger charge is 2.20. The van der Waals surface area contributed by atoms with E-state index in [1.165, 1.54) is 0 Å². The molecular formula is C24H25ClN8O. The van der Waals surface area contributed by atoms with Crippen LogP contribution in [0.1, 0.15) is 5.56 Å². The number of nitrogens with one attached hydrogen (secondary N) is 2. The van der Waals surface area contributed by atoms with E-state index < -0.39 is 0 Å². The summed E-state index contributed by atoms with van der Waals surface area (Å²) in [5, 5.41) is 11.3. The lowest BCUT2D eigenvalue weighted by Crippen LogP contribution is -2.45. The molecule has 2 N–H and O–H groups in total. The molecule has 4 aromatic rings. The molecule has 1 saturated heterocycles. The van der Waals surface area contributed by atoms with Crippen LogP contribution in [0.5, 0.6) is 11.8 Å². The number of aryl methyl sites for hydroxylation is 1. The minimum absolute atomic E-state index is 0.224. The number of anilines is 3. The molecule has 2 aromatic heterocycles. The summed E-state index contributed by atoms with van der Waals surface area (Å²) in [6.45, 7) is 5.50. The van der Waals surface area contributed by atoms with Crippen molar-refractivity contribution in [3.05, 3.63) is 65.2 Å². The molecule has 34 heavy (non-hydrogen) atoms. The molecule has 3 heterocycles. The van der Waals surface area contributed by atoms with Gasteiger partial charge in [0.2, 0.25) is 11.9 Å². The van der Waals surface area contributed by atoms with Crippen molar-refractivity contribution in [2.45, 2.75) is 6.92 Å². The second-order valence-corrected chi connectivity index (χ2v) is 8.61. The minimum atomic E-state index is 0.224. The fraction of sp³-hybridized carbons (Fsp3) is 0.250. The first-order chi connectivity index (χ1) is 16.5. The van der Waals surface area contributed by atoms with Gasteiger partial charge in [0, 0.05) is 37.3 Å². The molecule has 174 valence electrons. The summed E-state index contributed by atoms with van der Waals surface area (Å²) in [4.78, 5) is 18.1. The molecule has 1 fully saturated rings. The van der Waals surface area contributed by atoms with Crippen LogP contribution in [-0.2, 0) is 0 Å². The van der Waals surface area contributed by atoms with Gasteiger partial charge in [-0.3, -0.25) is 5.10 Å². The van der Waals surface area contributed by atoms with Gasteiger partial charge in [-0.15, -0.1) is 0 Å². The second kappa shape index (κ2) is 9.66. The molecule has 0 amide bonds. The predicted molar refractivity (Wildman–Crippen MR) is 133 cm³/mol. The standard InChI is InChI=1S/C24H25ClN8O/c1-16-14-17(8-9-19(16)25)20-15-21(31-30-20)26-22-27-23(33-12-10-32(2)11-13-33)29-24(28-22)34-18-6-4-3-5-7-18/h3-9,14-15H,10-13H2,1-2H3,(H2,26,27,28,29,30,31). The normalized spacial score (nSPS) is 14.3. The third-order valence-corrected chi connectivity index (χ3v) is 6.05. The van der Waals surface area contributed by atoms with Gasteiger partial charge in [-0.2, -0.15) is 20.1 Å². The van der Waals surface area contributed by atoms with E-state index in [0.717, 1.165) is 48.0 Å². The molecule has 0 bridgehead atoms. The molecule has 0 saturated carbocycles. The van der Waals surface area contributed by atoms with Crippen molar-refractivity contribution >= 4 is 29.3 Å². The van der Waals surface area contributed by atoms with Crippen LogP contribution < -0.4 is 15.0 Å². The van der Waals surface area contributed by atoms with E-state index in [-0.39, 0.29) is 6.01 Å². The molecule has 0 spiro atoms. The lowest BCUT2D eigenvalue weighted by Gasteiger charge is -2.32. The molecule has 1 aliphatic heterocycles. The Morgan fingerprint density at radius 2 is 1.76 bits per heavy atom. The van der Waals surface area contributed by atoms with Gasteiger partial charge in [0.15, 0.2) is 5.82 Å². The number of H-pyrrole nitrogens is 1. The molecule has 2 aromatic carbocycles. The zero-order valence-corrected chi connectivity index (χ0v) is 19.8. The second-order valence-electron chi connectivity index (χ2n) is 8.20. The smallest absolute Gasteiger partial charge is 0.328 e. The number of hydrogen-bond acceptors (Lipinski definition) is 8. The van der Waals surface area contributed by atoms with Crippen LogP contribution in [-0.4, -0.2) is 63.3 Å². The number of likely N-dealkylation sites (N-methyl/N-ethyl adjacent to an activating group) is 1. The molecular weight excluding hydrogens is 452 g/mol. The molecule has 0 radical (unpaired) electrons. The zero-order valence-electron chi connectivity index (χ0n) is 19.0. The number of aromatic amines is 1. The first kappa shape index (κ1) is 22.1. The topological polar surface area (TPSA) is 95.1 Å². The monoisotopic (exact) mass is 476 g/mol. The van der Waals surface area contributed by atoms with Crippen molar-refractivity contribution in [2.75, 3.05) is 43.4 Å². The molecule has 1 aliphatic rings. The first-order valence-corrected chi connectivity index (χ1v) is 11.4. The fourth-order valence-electron chi connectivity index (χ4n) is 3.65. The highest BCUT2D eigenvalue weighted by Crippen LogP contribution is 2.27. The van der Waals surface area contributed by atoms with Gasteiger partial charge < -0.3 is 19.9 Å². The van der Waals surface area contributed by atoms with E-state index in [4.69, 9.17) is 16.3 Å². The SMILES string of the molecule is Cc1cc(-c2cc(Nc3nc(Oc4ccccc4)nc(N4CCN(C)CC4)n3)n[nH]2)ccc1Cl. The van der Waals surface area contributed by atoms with Gasteiger partial charge in [-0.25, -0.2) is 0 Å². The quantitative estimate of drug-likeness (QED) is 0.419. The predicted octanol–water partition coefficient (Wildman–Crippen LogP) is 4.51. The number of para-hydroxylation sites is 1. The van der Waals surface area contributed by atoms with Crippen molar-refractivity contribution in [3.63, 3.8) is 0 Å². The summed E-state index contributed by atoms with van der Waals surface area (Å²) >= 11 is 6.16. The Balaban J connectivity index is 1.42. The van der Waals surface area contributed by atoms with E-state index in [2.05, 4.69) is 47.3 Å². The van der Waals surface area contributed by atoms with Crippen LogP contribution in [0.25, 0.3) is 11.3 Å². The van der Waals surface area contributed by atoms with Crippen LogP contribution in [0.2, 0.25) is 5.02 Å². The van der Waals surface area contributed by atoms with Gasteiger partial charge in [0.05, 0.1) is 5.69 Å². The highest BCUT2D eigenvalue weighted by molar-refractivity contribution is 6.31. The molecule has 10 heteroatoms. The summed E-state index contributed by atoms with van der Waals surface area (Å²) in [5.41, 5.74) is 2.85. The third kappa shape index (κ3) is 5.11. The van der Waals surface area contributed by atoms with Gasteiger partial charge in [-0.05, 0) is 49.4 Å². The summed E-state index contributed by atoms with van der Waals surface area (Å²) in [5.74, 6) is 2.17. The first-order valence-electron chi connectivity index (χ1n) is 11.0. The molecule has 9 nitrogen and oxygen atoms in total. The van der Waals surface area contributed by atoms with Crippen molar-refractivity contribution in [2.24, 2.45) is 0 Å². The molecule has 0 aliphatic carbocycles. The maximum absolute atomic E-state index is 6.16. The lowest BCUT2D eigenvalue weighted by atomic mass is 10.1. The van der Waals surface area contributed by atoms with Crippen molar-refractivity contribution in [3.8, 4) is 23.0 Å². The maximum atomic E-state index is 6.16. The van der Waals surface area contributed by atoms with E-state index in [1.807, 2.05) is 61.5 Å². The number of benzene rings is 2. The Labute approximate surface area is 202 Å². The number of piperazine rings is 1. The number of hydrogen-bond donors (Lipinski definition) is 2. The van der Waals surface area contributed by atoms with E-state index >= 15 is 0 Å². The zero-order chi connectivity index (χ0) is 23.5. The van der Waals surface area contributed by atoms with Crippen molar-refractivity contribution in [1.29, 1.82) is 0 Å². The van der Waals surface area contributed by atoms with Crippen LogP contribution in [0, 0.1) is 6.92 Å². The molecule has 0 unspecified atom stereocenters. The Morgan fingerprint density at radius 1 is 0.971 bits per heavy atom. The summed E-state index contributed by atoms with van der Waals surface area (Å²) in [6.07, 6.45) is 0. The number of rotatable bonds is 6. The van der Waals surface area contributed by atoms with Crippen molar-refractivity contribution < 1.29 is 4.74 Å². The average Bonchev–Trinajstić information content (AvgIpc) is 3.30.